The molecule has 1 saturated carbocycles. The SMILES string of the molecule is CN(C)CCCN1CCC(Nc2ccc(C3CCC(C)(C)CC3)cc2)CC1=O. The highest BCUT2D eigenvalue weighted by Gasteiger charge is 2.28. The van der Waals surface area contributed by atoms with E-state index in [4.69, 9.17) is 0 Å². The lowest BCUT2D eigenvalue weighted by Gasteiger charge is -2.34. The van der Waals surface area contributed by atoms with Gasteiger partial charge in [0.2, 0.25) is 5.91 Å². The van der Waals surface area contributed by atoms with Gasteiger partial charge in [0, 0.05) is 31.2 Å². The first-order valence-electron chi connectivity index (χ1n) is 11.1. The van der Waals surface area contributed by atoms with Crippen molar-refractivity contribution in [3.05, 3.63) is 29.8 Å². The summed E-state index contributed by atoms with van der Waals surface area (Å²) >= 11 is 0. The monoisotopic (exact) mass is 385 g/mol. The van der Waals surface area contributed by atoms with E-state index in [9.17, 15) is 4.79 Å². The molecule has 1 atom stereocenters. The molecule has 0 spiro atoms. The summed E-state index contributed by atoms with van der Waals surface area (Å²) in [4.78, 5) is 16.7. The average Bonchev–Trinajstić information content (AvgIpc) is 2.64. The molecule has 1 aromatic carbocycles. The summed E-state index contributed by atoms with van der Waals surface area (Å²) in [6, 6.07) is 9.28. The van der Waals surface area contributed by atoms with Gasteiger partial charge in [-0.1, -0.05) is 26.0 Å². The van der Waals surface area contributed by atoms with Crippen LogP contribution in [0.3, 0.4) is 0 Å². The maximum Gasteiger partial charge on any atom is 0.224 e. The largest absolute Gasteiger partial charge is 0.382 e. The Bertz CT molecular complexity index is 628. The number of nitrogens with zero attached hydrogens (tertiary/aromatic N) is 2. The standard InChI is InChI=1S/C24H39N3O/c1-24(2)13-10-20(11-14-24)19-6-8-21(9-7-19)25-22-12-17-27(23(28)18-22)16-5-15-26(3)4/h6-9,20,22,25H,5,10-18H2,1-4H3. The normalized spacial score (nSPS) is 23.2. The molecule has 1 heterocycles. The van der Waals surface area contributed by atoms with E-state index in [0.29, 0.717) is 23.7 Å². The third-order valence-corrected chi connectivity index (χ3v) is 6.65. The number of nitrogens with one attached hydrogen (secondary N) is 1. The Morgan fingerprint density at radius 2 is 1.79 bits per heavy atom. The van der Waals surface area contributed by atoms with Gasteiger partial charge in [-0.3, -0.25) is 4.79 Å². The first-order valence-corrected chi connectivity index (χ1v) is 11.1. The summed E-state index contributed by atoms with van der Waals surface area (Å²) in [6.45, 7) is 7.59. The maximum atomic E-state index is 12.5. The van der Waals surface area contributed by atoms with Gasteiger partial charge in [0.05, 0.1) is 0 Å². The van der Waals surface area contributed by atoms with Crippen LogP contribution in [0.15, 0.2) is 24.3 Å². The molecule has 0 radical (unpaired) electrons. The summed E-state index contributed by atoms with van der Waals surface area (Å²) in [5, 5.41) is 3.59. The number of benzene rings is 1. The maximum absolute atomic E-state index is 12.5. The van der Waals surface area contributed by atoms with E-state index in [0.717, 1.165) is 38.2 Å². The highest BCUT2D eigenvalue weighted by Crippen LogP contribution is 2.42. The lowest BCUT2D eigenvalue weighted by atomic mass is 9.71. The van der Waals surface area contributed by atoms with E-state index in [1.165, 1.54) is 31.2 Å². The molecular weight excluding hydrogens is 346 g/mol. The van der Waals surface area contributed by atoms with Gasteiger partial charge in [0.25, 0.3) is 0 Å². The van der Waals surface area contributed by atoms with Crippen LogP contribution in [0.1, 0.15) is 70.3 Å². The van der Waals surface area contributed by atoms with E-state index in [1.54, 1.807) is 0 Å². The van der Waals surface area contributed by atoms with E-state index in [-0.39, 0.29) is 6.04 Å². The van der Waals surface area contributed by atoms with Gasteiger partial charge in [-0.25, -0.2) is 0 Å². The fourth-order valence-corrected chi connectivity index (χ4v) is 4.64. The van der Waals surface area contributed by atoms with Crippen molar-refractivity contribution in [1.82, 2.24) is 9.80 Å². The fourth-order valence-electron chi connectivity index (χ4n) is 4.64. The average molecular weight is 386 g/mol. The number of rotatable bonds is 7. The summed E-state index contributed by atoms with van der Waals surface area (Å²) in [5.41, 5.74) is 3.15. The van der Waals surface area contributed by atoms with E-state index in [2.05, 4.69) is 62.4 Å². The zero-order valence-corrected chi connectivity index (χ0v) is 18.3. The fraction of sp³-hybridized carbons (Fsp3) is 0.708. The Labute approximate surface area is 171 Å². The van der Waals surface area contributed by atoms with Gasteiger partial charge in [0.15, 0.2) is 0 Å². The highest BCUT2D eigenvalue weighted by molar-refractivity contribution is 5.78. The van der Waals surface area contributed by atoms with Gasteiger partial charge in [0.1, 0.15) is 0 Å². The number of carbonyl (C=O) groups is 1. The van der Waals surface area contributed by atoms with Crippen LogP contribution < -0.4 is 5.32 Å². The number of anilines is 1. The van der Waals surface area contributed by atoms with Crippen molar-refractivity contribution in [2.75, 3.05) is 39.0 Å². The molecule has 156 valence electrons. The molecule has 28 heavy (non-hydrogen) atoms. The first kappa shape index (κ1) is 21.2. The number of hydrogen-bond donors (Lipinski definition) is 1. The minimum Gasteiger partial charge on any atom is -0.382 e. The van der Waals surface area contributed by atoms with Crippen molar-refractivity contribution in [1.29, 1.82) is 0 Å². The second kappa shape index (κ2) is 9.30. The molecule has 1 aromatic rings. The smallest absolute Gasteiger partial charge is 0.224 e. The third-order valence-electron chi connectivity index (χ3n) is 6.65. The molecule has 2 aliphatic rings. The molecule has 1 aliphatic carbocycles. The molecule has 1 saturated heterocycles. The number of carbonyl (C=O) groups excluding carboxylic acids is 1. The van der Waals surface area contributed by atoms with Gasteiger partial charge in [-0.05, 0) is 88.2 Å². The summed E-state index contributed by atoms with van der Waals surface area (Å²) in [6.07, 6.45) is 7.96. The Kier molecular flexibility index (Phi) is 7.03. The minimum absolute atomic E-state index is 0.263. The number of hydrogen-bond acceptors (Lipinski definition) is 3. The minimum atomic E-state index is 0.263. The van der Waals surface area contributed by atoms with Gasteiger partial charge < -0.3 is 15.1 Å². The lowest BCUT2D eigenvalue weighted by Crippen LogP contribution is -2.44. The second-order valence-electron chi connectivity index (χ2n) is 9.93. The predicted octanol–water partition coefficient (Wildman–Crippen LogP) is 4.73. The van der Waals surface area contributed by atoms with Crippen molar-refractivity contribution >= 4 is 11.6 Å². The van der Waals surface area contributed by atoms with Crippen molar-refractivity contribution in [2.24, 2.45) is 5.41 Å². The molecule has 4 heteroatoms. The van der Waals surface area contributed by atoms with Crippen LogP contribution in [0.2, 0.25) is 0 Å². The highest BCUT2D eigenvalue weighted by atomic mass is 16.2. The molecule has 3 rings (SSSR count). The first-order chi connectivity index (χ1) is 13.3. The molecule has 1 N–H and O–H groups in total. The van der Waals surface area contributed by atoms with Crippen LogP contribution in [0.5, 0.6) is 0 Å². The number of likely N-dealkylation sites (tertiary alicyclic amines) is 1. The lowest BCUT2D eigenvalue weighted by molar-refractivity contribution is -0.133. The van der Waals surface area contributed by atoms with Crippen LogP contribution >= 0.6 is 0 Å². The molecule has 1 amide bonds. The Balaban J connectivity index is 1.45. The van der Waals surface area contributed by atoms with Gasteiger partial charge in [-0.15, -0.1) is 0 Å². The summed E-state index contributed by atoms with van der Waals surface area (Å²) < 4.78 is 0. The van der Waals surface area contributed by atoms with Gasteiger partial charge >= 0.3 is 0 Å². The van der Waals surface area contributed by atoms with Gasteiger partial charge in [-0.2, -0.15) is 0 Å². The summed E-state index contributed by atoms with van der Waals surface area (Å²) in [7, 11) is 4.16. The Morgan fingerprint density at radius 1 is 1.11 bits per heavy atom. The summed E-state index contributed by atoms with van der Waals surface area (Å²) in [5.74, 6) is 1.01. The van der Waals surface area contributed by atoms with Crippen LogP contribution in [0.25, 0.3) is 0 Å². The second-order valence-corrected chi connectivity index (χ2v) is 9.93. The molecule has 1 unspecified atom stereocenters. The van der Waals surface area contributed by atoms with Crippen molar-refractivity contribution in [3.63, 3.8) is 0 Å². The Morgan fingerprint density at radius 3 is 2.39 bits per heavy atom. The zero-order valence-electron chi connectivity index (χ0n) is 18.3. The molecular formula is C24H39N3O. The van der Waals surface area contributed by atoms with E-state index >= 15 is 0 Å². The van der Waals surface area contributed by atoms with Crippen molar-refractivity contribution in [3.8, 4) is 0 Å². The third kappa shape index (κ3) is 5.97. The zero-order chi connectivity index (χ0) is 20.1. The Hall–Kier alpha value is -1.55. The van der Waals surface area contributed by atoms with Crippen LogP contribution in [0.4, 0.5) is 5.69 Å². The number of piperidine rings is 1. The van der Waals surface area contributed by atoms with Crippen LogP contribution in [-0.4, -0.2) is 55.5 Å². The van der Waals surface area contributed by atoms with Crippen molar-refractivity contribution in [2.45, 2.75) is 70.8 Å². The van der Waals surface area contributed by atoms with E-state index < -0.39 is 0 Å². The van der Waals surface area contributed by atoms with Crippen LogP contribution in [-0.2, 0) is 4.79 Å². The molecule has 2 fully saturated rings. The molecule has 0 bridgehead atoms. The quantitative estimate of drug-likeness (QED) is 0.737. The van der Waals surface area contributed by atoms with Crippen molar-refractivity contribution < 1.29 is 4.79 Å². The van der Waals surface area contributed by atoms with E-state index in [1.807, 2.05) is 4.90 Å². The predicted molar refractivity (Wildman–Crippen MR) is 118 cm³/mol. The molecule has 4 nitrogen and oxygen atoms in total. The topological polar surface area (TPSA) is 35.6 Å². The van der Waals surface area contributed by atoms with Crippen LogP contribution in [0, 0.1) is 5.41 Å². The molecule has 0 aromatic heterocycles. The number of amides is 1. The molecule has 1 aliphatic heterocycles.